The van der Waals surface area contributed by atoms with E-state index in [1.807, 2.05) is 0 Å². The molecule has 0 saturated carbocycles. The van der Waals surface area contributed by atoms with Gasteiger partial charge in [-0.15, -0.1) is 0 Å². The molecule has 390 valence electrons. The van der Waals surface area contributed by atoms with E-state index in [1.165, 1.54) is 136 Å². The molecule has 0 saturated heterocycles. The quantitative estimate of drug-likeness (QED) is 0.163. The Bertz CT molecular complexity index is 3580. The fraction of sp³-hybridized carbons (Fsp3) is 0.425. The lowest BCUT2D eigenvalue weighted by Gasteiger charge is -2.50. The van der Waals surface area contributed by atoms with Crippen LogP contribution in [0, 0.1) is 6.92 Å². The Kier molecular flexibility index (Phi) is 10.8. The van der Waals surface area contributed by atoms with Crippen molar-refractivity contribution in [2.24, 2.45) is 0 Å². The maximum Gasteiger partial charge on any atom is 0.252 e. The smallest absolute Gasteiger partial charge is 0.252 e. The molecule has 0 spiro atoms. The van der Waals surface area contributed by atoms with Gasteiger partial charge in [0.15, 0.2) is 0 Å². The Morgan fingerprint density at radius 2 is 0.776 bits per heavy atom. The minimum Gasteiger partial charge on any atom is -0.311 e. The van der Waals surface area contributed by atoms with E-state index < -0.39 is 0 Å². The molecule has 7 aromatic carbocycles. The standard InChI is InChI=1S/C73H85BN2/c1-44-35-51-53(70(12,13)33-31-68(51,8)9)41-60(44)76-62-43-56-55(72(16,17)49-27-23-24-28-50(49)73(56,18)19)40-58(62)74-57-39-52-54(71(14,15)34-32-69(52,10)11)42-61(57)75(63-37-47(67(5,6)7)38-64(76)65(63)74)59-30-29-46(66(2,3)4)36-48(59)45-25-21-20-22-26-45/h20-30,35-43H,31-34H2,1-19H3. The van der Waals surface area contributed by atoms with Crippen LogP contribution >= 0.6 is 0 Å². The van der Waals surface area contributed by atoms with Crippen LogP contribution < -0.4 is 26.2 Å². The summed E-state index contributed by atoms with van der Waals surface area (Å²) in [5.74, 6) is 0. The fourth-order valence-electron chi connectivity index (χ4n) is 14.9. The highest BCUT2D eigenvalue weighted by atomic mass is 15.2. The first-order valence-electron chi connectivity index (χ1n) is 29.0. The van der Waals surface area contributed by atoms with E-state index in [4.69, 9.17) is 0 Å². The van der Waals surface area contributed by atoms with Gasteiger partial charge in [-0.3, -0.25) is 0 Å². The molecular weight excluding hydrogens is 916 g/mol. The summed E-state index contributed by atoms with van der Waals surface area (Å²) in [5, 5.41) is 0. The molecule has 76 heavy (non-hydrogen) atoms. The van der Waals surface area contributed by atoms with Gasteiger partial charge in [0.1, 0.15) is 0 Å². The molecule has 0 unspecified atom stereocenters. The summed E-state index contributed by atoms with van der Waals surface area (Å²) >= 11 is 0. The van der Waals surface area contributed by atoms with Crippen molar-refractivity contribution in [2.45, 2.75) is 201 Å². The van der Waals surface area contributed by atoms with Crippen molar-refractivity contribution in [1.82, 2.24) is 0 Å². The van der Waals surface area contributed by atoms with Crippen LogP contribution in [0.1, 0.15) is 212 Å². The Labute approximate surface area is 458 Å². The molecule has 12 rings (SSSR count). The Morgan fingerprint density at radius 3 is 1.28 bits per heavy atom. The highest BCUT2D eigenvalue weighted by Gasteiger charge is 2.51. The van der Waals surface area contributed by atoms with Gasteiger partial charge in [-0.05, 0) is 191 Å². The Hall–Kier alpha value is -5.80. The van der Waals surface area contributed by atoms with Gasteiger partial charge >= 0.3 is 0 Å². The predicted octanol–water partition coefficient (Wildman–Crippen LogP) is 18.0. The summed E-state index contributed by atoms with van der Waals surface area (Å²) in [7, 11) is 0. The monoisotopic (exact) mass is 1000 g/mol. The first-order chi connectivity index (χ1) is 35.3. The van der Waals surface area contributed by atoms with Gasteiger partial charge in [0, 0.05) is 44.8 Å². The molecule has 0 radical (unpaired) electrons. The maximum absolute atomic E-state index is 2.78. The molecule has 0 bridgehead atoms. The number of rotatable bonds is 3. The molecule has 0 amide bonds. The van der Waals surface area contributed by atoms with E-state index in [0.29, 0.717) is 0 Å². The van der Waals surface area contributed by atoms with Gasteiger partial charge in [-0.2, -0.15) is 0 Å². The molecule has 2 heterocycles. The van der Waals surface area contributed by atoms with Crippen LogP contribution in [0.25, 0.3) is 11.1 Å². The van der Waals surface area contributed by atoms with Crippen LogP contribution in [0.2, 0.25) is 0 Å². The van der Waals surface area contributed by atoms with Crippen molar-refractivity contribution in [1.29, 1.82) is 0 Å². The third-order valence-corrected chi connectivity index (χ3v) is 20.3. The van der Waals surface area contributed by atoms with Crippen molar-refractivity contribution in [2.75, 3.05) is 9.80 Å². The lowest BCUT2D eigenvalue weighted by Crippen LogP contribution is -2.62. The SMILES string of the molecule is Cc1cc2c(cc1N1c3cc4c(cc3B3c5cc6c(cc5N(c5ccc(C(C)(C)C)cc5-c5ccccc5)c5cc(C(C)(C)C)cc1c53)C(C)(C)CCC6(C)C)C(C)(C)c1ccccc1C4(C)C)C(C)(C)CCC2(C)C. The fourth-order valence-corrected chi connectivity index (χ4v) is 14.9. The highest BCUT2D eigenvalue weighted by Crippen LogP contribution is 2.57. The minimum absolute atomic E-state index is 0.0122. The van der Waals surface area contributed by atoms with Gasteiger partial charge in [-0.1, -0.05) is 203 Å². The number of benzene rings is 7. The number of anilines is 6. The summed E-state index contributed by atoms with van der Waals surface area (Å²) < 4.78 is 0. The molecule has 2 aliphatic heterocycles. The van der Waals surface area contributed by atoms with Crippen LogP contribution in [-0.2, 0) is 43.3 Å². The lowest BCUT2D eigenvalue weighted by molar-refractivity contribution is 0.332. The van der Waals surface area contributed by atoms with Crippen molar-refractivity contribution in [3.05, 3.63) is 183 Å². The maximum atomic E-state index is 2.78. The van der Waals surface area contributed by atoms with Crippen LogP contribution in [-0.4, -0.2) is 6.71 Å². The van der Waals surface area contributed by atoms with Crippen LogP contribution in [0.5, 0.6) is 0 Å². The third-order valence-electron chi connectivity index (χ3n) is 20.3. The number of nitrogens with zero attached hydrogens (tertiary/aromatic N) is 2. The van der Waals surface area contributed by atoms with Crippen molar-refractivity contribution < 1.29 is 0 Å². The molecule has 0 N–H and O–H groups in total. The Morgan fingerprint density at radius 1 is 0.368 bits per heavy atom. The van der Waals surface area contributed by atoms with Crippen molar-refractivity contribution >= 4 is 57.2 Å². The molecule has 3 aliphatic carbocycles. The average Bonchev–Trinajstić information content (AvgIpc) is 3.53. The highest BCUT2D eigenvalue weighted by molar-refractivity contribution is 7.00. The number of fused-ring (bicyclic) bond motifs is 8. The molecule has 2 nitrogen and oxygen atoms in total. The molecule has 0 fully saturated rings. The zero-order valence-electron chi connectivity index (χ0n) is 49.8. The van der Waals surface area contributed by atoms with E-state index in [9.17, 15) is 0 Å². The molecule has 7 aromatic rings. The normalized spacial score (nSPS) is 19.6. The summed E-state index contributed by atoms with van der Waals surface area (Å²) in [6.07, 6.45) is 4.67. The largest absolute Gasteiger partial charge is 0.311 e. The first kappa shape index (κ1) is 51.0. The minimum atomic E-state index is -0.221. The number of hydrogen-bond acceptors (Lipinski definition) is 2. The summed E-state index contributed by atoms with van der Waals surface area (Å²) in [5.41, 5.74) is 29.9. The average molecular weight is 1000 g/mol. The van der Waals surface area contributed by atoms with Gasteiger partial charge in [0.2, 0.25) is 0 Å². The Balaban J connectivity index is 1.28. The van der Waals surface area contributed by atoms with Crippen LogP contribution in [0.3, 0.4) is 0 Å². The molecule has 0 aromatic heterocycles. The van der Waals surface area contributed by atoms with Gasteiger partial charge in [0.25, 0.3) is 6.71 Å². The molecule has 3 heteroatoms. The second kappa shape index (κ2) is 16.1. The van der Waals surface area contributed by atoms with Crippen molar-refractivity contribution in [3.63, 3.8) is 0 Å². The van der Waals surface area contributed by atoms with E-state index >= 15 is 0 Å². The lowest BCUT2D eigenvalue weighted by atomic mass is 9.32. The van der Waals surface area contributed by atoms with Crippen LogP contribution in [0.4, 0.5) is 34.1 Å². The second-order valence-corrected chi connectivity index (χ2v) is 30.1. The van der Waals surface area contributed by atoms with Gasteiger partial charge in [-0.25, -0.2) is 0 Å². The first-order valence-corrected chi connectivity index (χ1v) is 29.0. The molecule has 0 atom stereocenters. The number of aryl methyl sites for hydroxylation is 1. The zero-order valence-corrected chi connectivity index (χ0v) is 49.8. The van der Waals surface area contributed by atoms with E-state index in [1.54, 1.807) is 0 Å². The zero-order chi connectivity index (χ0) is 54.4. The van der Waals surface area contributed by atoms with E-state index in [0.717, 1.165) is 12.8 Å². The third kappa shape index (κ3) is 7.39. The van der Waals surface area contributed by atoms with Crippen molar-refractivity contribution in [3.8, 4) is 11.1 Å². The summed E-state index contributed by atoms with van der Waals surface area (Å²) in [4.78, 5) is 5.54. The molecule has 5 aliphatic rings. The second-order valence-electron chi connectivity index (χ2n) is 30.1. The van der Waals surface area contributed by atoms with E-state index in [2.05, 4.69) is 263 Å². The predicted molar refractivity (Wildman–Crippen MR) is 329 cm³/mol. The summed E-state index contributed by atoms with van der Waals surface area (Å²) in [6, 6.07) is 49.3. The van der Waals surface area contributed by atoms with Crippen LogP contribution in [0.15, 0.2) is 121 Å². The number of hydrogen-bond donors (Lipinski definition) is 0. The van der Waals surface area contributed by atoms with Gasteiger partial charge < -0.3 is 9.80 Å². The molecular formula is C73H85BN2. The van der Waals surface area contributed by atoms with E-state index in [-0.39, 0.29) is 50.0 Å². The topological polar surface area (TPSA) is 6.48 Å². The summed E-state index contributed by atoms with van der Waals surface area (Å²) in [6.45, 7) is 46.6. The van der Waals surface area contributed by atoms with Gasteiger partial charge in [0.05, 0.1) is 5.69 Å².